The molecule has 3 nitrogen and oxygen atoms in total. The normalized spacial score (nSPS) is 12.8. The molecule has 1 rings (SSSR count). The number of nitrogens with one attached hydrogen (secondary N) is 1. The molecule has 0 aliphatic heterocycles. The van der Waals surface area contributed by atoms with E-state index in [4.69, 9.17) is 9.47 Å². The lowest BCUT2D eigenvalue weighted by molar-refractivity contribution is 0.0669. The molecule has 0 heterocycles. The predicted octanol–water partition coefficient (Wildman–Crippen LogP) is 3.58. The summed E-state index contributed by atoms with van der Waals surface area (Å²) < 4.78 is 11.7. The third-order valence-corrected chi connectivity index (χ3v) is 3.69. The van der Waals surface area contributed by atoms with Gasteiger partial charge in [-0.2, -0.15) is 0 Å². The molecule has 0 saturated carbocycles. The number of benzene rings is 1. The van der Waals surface area contributed by atoms with Gasteiger partial charge in [-0.1, -0.05) is 41.9 Å². The molecule has 0 aromatic heterocycles. The van der Waals surface area contributed by atoms with E-state index in [1.54, 1.807) is 7.11 Å². The second-order valence-electron chi connectivity index (χ2n) is 5.21. The third kappa shape index (κ3) is 7.39. The van der Waals surface area contributed by atoms with Gasteiger partial charge < -0.3 is 14.8 Å². The van der Waals surface area contributed by atoms with Gasteiger partial charge in [-0.25, -0.2) is 0 Å². The summed E-state index contributed by atoms with van der Waals surface area (Å²) in [6.45, 7) is 7.42. The number of methoxy groups -OCH3 is 1. The molecular weight excluding hydrogens is 318 g/mol. The predicted molar refractivity (Wildman–Crippen MR) is 87.3 cm³/mol. The highest BCUT2D eigenvalue weighted by molar-refractivity contribution is 9.10. The molecule has 0 amide bonds. The summed E-state index contributed by atoms with van der Waals surface area (Å²) in [6, 6.07) is 9.08. The van der Waals surface area contributed by atoms with Crippen LogP contribution >= 0.6 is 15.9 Å². The average Bonchev–Trinajstić information content (AvgIpc) is 2.43. The molecule has 0 saturated heterocycles. The van der Waals surface area contributed by atoms with Crippen molar-refractivity contribution in [2.24, 2.45) is 0 Å². The lowest BCUT2D eigenvalue weighted by Gasteiger charge is -2.20. The minimum atomic E-state index is 0.480. The Balaban J connectivity index is 2.49. The minimum Gasteiger partial charge on any atom is -0.382 e. The van der Waals surface area contributed by atoms with E-state index in [0.717, 1.165) is 24.0 Å². The zero-order valence-electron chi connectivity index (χ0n) is 12.7. The first-order chi connectivity index (χ1) is 9.63. The number of rotatable bonds is 10. The average molecular weight is 344 g/mol. The highest BCUT2D eigenvalue weighted by atomic mass is 79.9. The van der Waals surface area contributed by atoms with Gasteiger partial charge in [0.25, 0.3) is 0 Å². The van der Waals surface area contributed by atoms with E-state index < -0.39 is 0 Å². The summed E-state index contributed by atoms with van der Waals surface area (Å²) in [4.78, 5) is 0. The van der Waals surface area contributed by atoms with Crippen LogP contribution in [0.3, 0.4) is 0 Å². The molecule has 4 heteroatoms. The van der Waals surface area contributed by atoms with E-state index in [0.29, 0.717) is 25.2 Å². The van der Waals surface area contributed by atoms with Gasteiger partial charge in [0, 0.05) is 30.8 Å². The van der Waals surface area contributed by atoms with Gasteiger partial charge in [0.2, 0.25) is 0 Å². The minimum absolute atomic E-state index is 0.480. The number of hydrogen-bond donors (Lipinski definition) is 1. The van der Waals surface area contributed by atoms with E-state index in [1.807, 2.05) is 0 Å². The molecule has 1 aromatic rings. The number of halogens is 1. The van der Waals surface area contributed by atoms with Gasteiger partial charge >= 0.3 is 0 Å². The molecule has 1 unspecified atom stereocenters. The largest absolute Gasteiger partial charge is 0.382 e. The van der Waals surface area contributed by atoms with E-state index in [9.17, 15) is 0 Å². The van der Waals surface area contributed by atoms with Crippen molar-refractivity contribution in [2.75, 3.05) is 33.5 Å². The molecule has 114 valence electrons. The van der Waals surface area contributed by atoms with Crippen molar-refractivity contribution in [1.29, 1.82) is 0 Å². The van der Waals surface area contributed by atoms with Crippen LogP contribution in [0.15, 0.2) is 28.7 Å². The smallest absolute Gasteiger partial charge is 0.0700 e. The molecular formula is C16H26BrNO2. The fraction of sp³-hybridized carbons (Fsp3) is 0.625. The van der Waals surface area contributed by atoms with Gasteiger partial charge in [0.15, 0.2) is 0 Å². The first kappa shape index (κ1) is 17.6. The molecule has 0 radical (unpaired) electrons. The molecule has 1 atom stereocenters. The molecule has 0 bridgehead atoms. The van der Waals surface area contributed by atoms with Crippen LogP contribution in [0.4, 0.5) is 0 Å². The fourth-order valence-electron chi connectivity index (χ4n) is 1.97. The molecule has 0 aliphatic carbocycles. The zero-order chi connectivity index (χ0) is 14.8. The fourth-order valence-corrected chi connectivity index (χ4v) is 2.23. The maximum atomic E-state index is 5.59. The van der Waals surface area contributed by atoms with Crippen LogP contribution in [0.25, 0.3) is 0 Å². The second-order valence-corrected chi connectivity index (χ2v) is 6.12. The number of ether oxygens (including phenoxy) is 2. The third-order valence-electron chi connectivity index (χ3n) is 3.16. The lowest BCUT2D eigenvalue weighted by atomic mass is 9.96. The van der Waals surface area contributed by atoms with Crippen LogP contribution in [-0.4, -0.2) is 39.5 Å². The van der Waals surface area contributed by atoms with Crippen molar-refractivity contribution < 1.29 is 9.47 Å². The van der Waals surface area contributed by atoms with Crippen LogP contribution < -0.4 is 5.32 Å². The molecule has 1 aromatic carbocycles. The van der Waals surface area contributed by atoms with Crippen molar-refractivity contribution in [3.8, 4) is 0 Å². The van der Waals surface area contributed by atoms with Gasteiger partial charge in [0.1, 0.15) is 0 Å². The Morgan fingerprint density at radius 2 is 1.80 bits per heavy atom. The summed E-state index contributed by atoms with van der Waals surface area (Å²) >= 11 is 3.48. The maximum absolute atomic E-state index is 5.59. The van der Waals surface area contributed by atoms with E-state index >= 15 is 0 Å². The summed E-state index contributed by atoms with van der Waals surface area (Å²) in [5.74, 6) is 0.480. The molecule has 0 spiro atoms. The van der Waals surface area contributed by atoms with Crippen LogP contribution in [0.5, 0.6) is 0 Å². The quantitative estimate of drug-likeness (QED) is 0.658. The van der Waals surface area contributed by atoms with Crippen LogP contribution in [-0.2, 0) is 9.47 Å². The molecule has 1 N–H and O–H groups in total. The van der Waals surface area contributed by atoms with E-state index in [2.05, 4.69) is 59.4 Å². The molecule has 20 heavy (non-hydrogen) atoms. The SMILES string of the molecule is COCCOCCC(CNC(C)C)c1ccc(Br)cc1. The highest BCUT2D eigenvalue weighted by Crippen LogP contribution is 2.21. The first-order valence-corrected chi connectivity index (χ1v) is 7.98. The topological polar surface area (TPSA) is 30.5 Å². The standard InChI is InChI=1S/C16H26BrNO2/c1-13(2)18-12-15(8-9-20-11-10-19-3)14-4-6-16(17)7-5-14/h4-7,13,15,18H,8-12H2,1-3H3. The Morgan fingerprint density at radius 3 is 2.40 bits per heavy atom. The summed E-state index contributed by atoms with van der Waals surface area (Å²) in [5, 5.41) is 3.52. The Morgan fingerprint density at radius 1 is 1.10 bits per heavy atom. The van der Waals surface area contributed by atoms with Crippen molar-refractivity contribution in [3.63, 3.8) is 0 Å². The van der Waals surface area contributed by atoms with Crippen molar-refractivity contribution in [2.45, 2.75) is 32.2 Å². The molecule has 0 aliphatic rings. The zero-order valence-corrected chi connectivity index (χ0v) is 14.3. The van der Waals surface area contributed by atoms with Gasteiger partial charge in [-0.3, -0.25) is 0 Å². The Kier molecular flexibility index (Phi) is 9.10. The maximum Gasteiger partial charge on any atom is 0.0700 e. The lowest BCUT2D eigenvalue weighted by Crippen LogP contribution is -2.28. The van der Waals surface area contributed by atoms with Crippen molar-refractivity contribution in [1.82, 2.24) is 5.32 Å². The van der Waals surface area contributed by atoms with Gasteiger partial charge in [-0.05, 0) is 30.0 Å². The van der Waals surface area contributed by atoms with Crippen molar-refractivity contribution in [3.05, 3.63) is 34.3 Å². The van der Waals surface area contributed by atoms with Crippen LogP contribution in [0.2, 0.25) is 0 Å². The number of hydrogen-bond acceptors (Lipinski definition) is 3. The van der Waals surface area contributed by atoms with E-state index in [-0.39, 0.29) is 0 Å². The summed E-state index contributed by atoms with van der Waals surface area (Å²) in [5.41, 5.74) is 1.36. The van der Waals surface area contributed by atoms with Crippen molar-refractivity contribution >= 4 is 15.9 Å². The summed E-state index contributed by atoms with van der Waals surface area (Å²) in [6.07, 6.45) is 1.02. The van der Waals surface area contributed by atoms with Crippen LogP contribution in [0, 0.1) is 0 Å². The van der Waals surface area contributed by atoms with Gasteiger partial charge in [-0.15, -0.1) is 0 Å². The van der Waals surface area contributed by atoms with E-state index in [1.165, 1.54) is 5.56 Å². The summed E-state index contributed by atoms with van der Waals surface area (Å²) in [7, 11) is 1.69. The first-order valence-electron chi connectivity index (χ1n) is 7.19. The molecule has 0 fully saturated rings. The monoisotopic (exact) mass is 343 g/mol. The Hall–Kier alpha value is -0.420. The van der Waals surface area contributed by atoms with Gasteiger partial charge in [0.05, 0.1) is 13.2 Å². The second kappa shape index (κ2) is 10.3. The Bertz CT molecular complexity index is 354. The Labute approximate surface area is 131 Å². The van der Waals surface area contributed by atoms with Crippen LogP contribution in [0.1, 0.15) is 31.7 Å². The highest BCUT2D eigenvalue weighted by Gasteiger charge is 2.12.